The normalized spacial score (nSPS) is 18.2. The van der Waals surface area contributed by atoms with Crippen molar-refractivity contribution in [2.45, 2.75) is 67.2 Å². The zero-order valence-electron chi connectivity index (χ0n) is 11.1. The van der Waals surface area contributed by atoms with Crippen LogP contribution in [0.25, 0.3) is 0 Å². The highest BCUT2D eigenvalue weighted by Gasteiger charge is 2.11. The largest absolute Gasteiger partial charge is 0.0651 e. The summed E-state index contributed by atoms with van der Waals surface area (Å²) in [4.78, 5) is 0. The third-order valence-electron chi connectivity index (χ3n) is 4.07. The summed E-state index contributed by atoms with van der Waals surface area (Å²) >= 11 is 0. The van der Waals surface area contributed by atoms with Gasteiger partial charge in [-0.15, -0.1) is 0 Å². The van der Waals surface area contributed by atoms with Gasteiger partial charge in [0.05, 0.1) is 0 Å². The Bertz CT molecular complexity index is 126. The highest BCUT2D eigenvalue weighted by molar-refractivity contribution is 4.63. The third kappa shape index (κ3) is 5.67. The molecular formula is C14H30. The Balaban J connectivity index is 3.53. The summed E-state index contributed by atoms with van der Waals surface area (Å²) in [6.45, 7) is 14.2. The molecule has 86 valence electrons. The molecule has 0 saturated heterocycles. The van der Waals surface area contributed by atoms with Crippen molar-refractivity contribution in [1.82, 2.24) is 0 Å². The lowest BCUT2D eigenvalue weighted by molar-refractivity contribution is 0.314. The average molecular weight is 198 g/mol. The molecule has 0 rings (SSSR count). The van der Waals surface area contributed by atoms with E-state index in [1.165, 1.54) is 25.7 Å². The first-order valence-corrected chi connectivity index (χ1v) is 6.49. The van der Waals surface area contributed by atoms with E-state index < -0.39 is 0 Å². The predicted molar refractivity (Wildman–Crippen MR) is 66.5 cm³/mol. The zero-order valence-corrected chi connectivity index (χ0v) is 11.1. The molecule has 0 aromatic heterocycles. The van der Waals surface area contributed by atoms with Crippen molar-refractivity contribution in [3.05, 3.63) is 0 Å². The van der Waals surface area contributed by atoms with E-state index in [1.54, 1.807) is 0 Å². The van der Waals surface area contributed by atoms with Crippen LogP contribution in [-0.2, 0) is 0 Å². The van der Waals surface area contributed by atoms with Crippen molar-refractivity contribution in [2.24, 2.45) is 23.7 Å². The Morgan fingerprint density at radius 2 is 1.21 bits per heavy atom. The Morgan fingerprint density at radius 3 is 1.64 bits per heavy atom. The van der Waals surface area contributed by atoms with Crippen LogP contribution in [0.5, 0.6) is 0 Å². The maximum Gasteiger partial charge on any atom is -0.0417 e. The molecule has 0 heteroatoms. The van der Waals surface area contributed by atoms with E-state index in [4.69, 9.17) is 0 Å². The van der Waals surface area contributed by atoms with Gasteiger partial charge in [0.15, 0.2) is 0 Å². The first-order chi connectivity index (χ1) is 6.49. The van der Waals surface area contributed by atoms with Gasteiger partial charge in [0.1, 0.15) is 0 Å². The second kappa shape index (κ2) is 7.31. The van der Waals surface area contributed by atoms with Crippen molar-refractivity contribution in [2.75, 3.05) is 0 Å². The molecule has 0 aromatic carbocycles. The van der Waals surface area contributed by atoms with Crippen molar-refractivity contribution < 1.29 is 0 Å². The summed E-state index contributed by atoms with van der Waals surface area (Å²) in [6, 6.07) is 0. The Hall–Kier alpha value is 0. The van der Waals surface area contributed by atoms with E-state index in [0.717, 1.165) is 23.7 Å². The lowest BCUT2D eigenvalue weighted by atomic mass is 9.86. The Labute approximate surface area is 91.5 Å². The van der Waals surface area contributed by atoms with E-state index >= 15 is 0 Å². The minimum atomic E-state index is 0.855. The molecule has 0 bridgehead atoms. The van der Waals surface area contributed by atoms with Crippen LogP contribution < -0.4 is 0 Å². The molecule has 0 nitrogen and oxygen atoms in total. The van der Waals surface area contributed by atoms with Gasteiger partial charge in [-0.05, 0) is 23.7 Å². The second-order valence-electron chi connectivity index (χ2n) is 5.52. The molecule has 0 heterocycles. The van der Waals surface area contributed by atoms with Gasteiger partial charge in [0.2, 0.25) is 0 Å². The van der Waals surface area contributed by atoms with Gasteiger partial charge in [-0.3, -0.25) is 0 Å². The molecule has 0 aliphatic rings. The average Bonchev–Trinajstić information content (AvgIpc) is 2.15. The van der Waals surface area contributed by atoms with Crippen molar-refractivity contribution in [3.63, 3.8) is 0 Å². The van der Waals surface area contributed by atoms with Gasteiger partial charge >= 0.3 is 0 Å². The highest BCUT2D eigenvalue weighted by atomic mass is 14.2. The summed E-state index contributed by atoms with van der Waals surface area (Å²) in [5.74, 6) is 3.58. The quantitative estimate of drug-likeness (QED) is 0.532. The molecule has 3 unspecified atom stereocenters. The topological polar surface area (TPSA) is 0 Å². The van der Waals surface area contributed by atoms with Crippen LogP contribution in [0.15, 0.2) is 0 Å². The second-order valence-corrected chi connectivity index (χ2v) is 5.52. The molecule has 0 amide bonds. The molecule has 0 aliphatic carbocycles. The van der Waals surface area contributed by atoms with E-state index in [0.29, 0.717) is 0 Å². The predicted octanol–water partition coefficient (Wildman–Crippen LogP) is 5.13. The molecule has 0 fully saturated rings. The monoisotopic (exact) mass is 198 g/mol. The Morgan fingerprint density at radius 1 is 0.714 bits per heavy atom. The summed E-state index contributed by atoms with van der Waals surface area (Å²) in [6.07, 6.45) is 5.59. The molecule has 14 heavy (non-hydrogen) atoms. The fraction of sp³-hybridized carbons (Fsp3) is 1.00. The molecule has 0 aliphatic heterocycles. The SMILES string of the molecule is CCC(C)C(C)CCCC(C)C(C)C. The lowest BCUT2D eigenvalue weighted by Gasteiger charge is -2.20. The van der Waals surface area contributed by atoms with Crippen molar-refractivity contribution in [1.29, 1.82) is 0 Å². The van der Waals surface area contributed by atoms with E-state index in [9.17, 15) is 0 Å². The molecule has 0 N–H and O–H groups in total. The molecule has 3 atom stereocenters. The van der Waals surface area contributed by atoms with Crippen molar-refractivity contribution >= 4 is 0 Å². The molecular weight excluding hydrogens is 168 g/mol. The summed E-state index contributed by atoms with van der Waals surface area (Å²) in [5, 5.41) is 0. The van der Waals surface area contributed by atoms with Gasteiger partial charge in [-0.2, -0.15) is 0 Å². The van der Waals surface area contributed by atoms with Crippen molar-refractivity contribution in [3.8, 4) is 0 Å². The maximum absolute atomic E-state index is 2.41. The van der Waals surface area contributed by atoms with Gasteiger partial charge in [0.25, 0.3) is 0 Å². The van der Waals surface area contributed by atoms with Crippen LogP contribution in [0.4, 0.5) is 0 Å². The number of rotatable bonds is 7. The summed E-state index contributed by atoms with van der Waals surface area (Å²) in [5.41, 5.74) is 0. The number of hydrogen-bond acceptors (Lipinski definition) is 0. The molecule has 0 saturated carbocycles. The zero-order chi connectivity index (χ0) is 11.1. The fourth-order valence-corrected chi connectivity index (χ4v) is 1.78. The van der Waals surface area contributed by atoms with Crippen LogP contribution in [0.2, 0.25) is 0 Å². The van der Waals surface area contributed by atoms with Crippen LogP contribution in [-0.4, -0.2) is 0 Å². The molecule has 0 spiro atoms. The summed E-state index contributed by atoms with van der Waals surface area (Å²) in [7, 11) is 0. The van der Waals surface area contributed by atoms with Crippen LogP contribution in [0.1, 0.15) is 67.2 Å². The molecule has 0 aromatic rings. The first-order valence-electron chi connectivity index (χ1n) is 6.49. The standard InChI is InChI=1S/C14H30/c1-7-12(4)14(6)10-8-9-13(5)11(2)3/h11-14H,7-10H2,1-6H3. The highest BCUT2D eigenvalue weighted by Crippen LogP contribution is 2.23. The minimum Gasteiger partial charge on any atom is -0.0651 e. The van der Waals surface area contributed by atoms with E-state index in [2.05, 4.69) is 41.5 Å². The third-order valence-corrected chi connectivity index (χ3v) is 4.07. The first kappa shape index (κ1) is 14.0. The molecule has 0 radical (unpaired) electrons. The van der Waals surface area contributed by atoms with E-state index in [1.807, 2.05) is 0 Å². The van der Waals surface area contributed by atoms with Crippen LogP contribution in [0, 0.1) is 23.7 Å². The smallest absolute Gasteiger partial charge is 0.0417 e. The summed E-state index contributed by atoms with van der Waals surface area (Å²) < 4.78 is 0. The van der Waals surface area contributed by atoms with Gasteiger partial charge < -0.3 is 0 Å². The minimum absolute atomic E-state index is 0.855. The Kier molecular flexibility index (Phi) is 7.31. The maximum atomic E-state index is 2.41. The number of hydrogen-bond donors (Lipinski definition) is 0. The van der Waals surface area contributed by atoms with Gasteiger partial charge in [-0.1, -0.05) is 67.2 Å². The fourth-order valence-electron chi connectivity index (χ4n) is 1.78. The van der Waals surface area contributed by atoms with E-state index in [-0.39, 0.29) is 0 Å². The van der Waals surface area contributed by atoms with Gasteiger partial charge in [0, 0.05) is 0 Å². The van der Waals surface area contributed by atoms with Crippen LogP contribution in [0.3, 0.4) is 0 Å². The van der Waals surface area contributed by atoms with Crippen LogP contribution >= 0.6 is 0 Å². The lowest BCUT2D eigenvalue weighted by Crippen LogP contribution is -2.09. The van der Waals surface area contributed by atoms with Gasteiger partial charge in [-0.25, -0.2) is 0 Å².